The van der Waals surface area contributed by atoms with Gasteiger partial charge in [0.25, 0.3) is 0 Å². The van der Waals surface area contributed by atoms with Crippen molar-refractivity contribution >= 4 is 0 Å². The molecule has 0 spiro atoms. The van der Waals surface area contributed by atoms with Gasteiger partial charge in [0.05, 0.1) is 0 Å². The SMILES string of the molecule is C#CC=CCCCCCCCCCCCCCCCCCCC=CC#CC. The minimum absolute atomic E-state index is 1.15. The van der Waals surface area contributed by atoms with Crippen LogP contribution in [0.3, 0.4) is 0 Å². The summed E-state index contributed by atoms with van der Waals surface area (Å²) in [7, 11) is 0. The van der Waals surface area contributed by atoms with E-state index in [1.54, 1.807) is 0 Å². The molecule has 0 aliphatic rings. The predicted octanol–water partition coefficient (Wildman–Crippen LogP) is 8.78. The van der Waals surface area contributed by atoms with Crippen LogP contribution >= 0.6 is 0 Å². The smallest absolute Gasteiger partial charge is 0.00235 e. The first kappa shape index (κ1) is 25.6. The molecular formula is C27H44. The van der Waals surface area contributed by atoms with Gasteiger partial charge in [-0.25, -0.2) is 0 Å². The summed E-state index contributed by atoms with van der Waals surface area (Å²) in [5, 5.41) is 0. The van der Waals surface area contributed by atoms with Crippen LogP contribution in [0.25, 0.3) is 0 Å². The van der Waals surface area contributed by atoms with Gasteiger partial charge in [-0.2, -0.15) is 0 Å². The van der Waals surface area contributed by atoms with Gasteiger partial charge in [-0.15, -0.1) is 12.3 Å². The Labute approximate surface area is 171 Å². The van der Waals surface area contributed by atoms with Crippen LogP contribution in [0.15, 0.2) is 24.3 Å². The van der Waals surface area contributed by atoms with Gasteiger partial charge in [-0.1, -0.05) is 114 Å². The van der Waals surface area contributed by atoms with E-state index in [0.717, 1.165) is 6.42 Å². The molecule has 0 saturated heterocycles. The number of unbranched alkanes of at least 4 members (excludes halogenated alkanes) is 17. The maximum absolute atomic E-state index is 5.18. The molecule has 0 nitrogen and oxygen atoms in total. The fourth-order valence-electron chi connectivity index (χ4n) is 3.38. The van der Waals surface area contributed by atoms with Crippen molar-refractivity contribution in [3.8, 4) is 24.2 Å². The van der Waals surface area contributed by atoms with Gasteiger partial charge in [0.2, 0.25) is 0 Å². The summed E-state index contributed by atoms with van der Waals surface area (Å²) in [6.45, 7) is 1.89. The fourth-order valence-corrected chi connectivity index (χ4v) is 3.38. The van der Waals surface area contributed by atoms with Crippen molar-refractivity contribution in [1.29, 1.82) is 0 Å². The quantitative estimate of drug-likeness (QED) is 0.158. The van der Waals surface area contributed by atoms with E-state index in [1.807, 2.05) is 19.1 Å². The van der Waals surface area contributed by atoms with Crippen LogP contribution in [0.4, 0.5) is 0 Å². The normalized spacial score (nSPS) is 11.0. The number of hydrogen-bond acceptors (Lipinski definition) is 0. The van der Waals surface area contributed by atoms with Crippen LogP contribution in [0.5, 0.6) is 0 Å². The van der Waals surface area contributed by atoms with Crippen LogP contribution in [0.1, 0.15) is 122 Å². The van der Waals surface area contributed by atoms with Gasteiger partial charge in [0, 0.05) is 0 Å². The summed E-state index contributed by atoms with van der Waals surface area (Å²) >= 11 is 0. The fraction of sp³-hybridized carbons (Fsp3) is 0.704. The second-order valence-corrected chi connectivity index (χ2v) is 7.60. The second-order valence-electron chi connectivity index (χ2n) is 7.60. The first-order valence-electron chi connectivity index (χ1n) is 11.6. The van der Waals surface area contributed by atoms with Crippen LogP contribution in [0.2, 0.25) is 0 Å². The maximum Gasteiger partial charge on any atom is -0.00235 e. The molecule has 0 amide bonds. The number of terminal acetylenes is 1. The molecule has 0 aliphatic carbocycles. The molecule has 0 aromatic carbocycles. The lowest BCUT2D eigenvalue weighted by Gasteiger charge is -2.03. The Kier molecular flexibility index (Phi) is 23.3. The molecule has 0 fully saturated rings. The third kappa shape index (κ3) is 24.6. The lowest BCUT2D eigenvalue weighted by Crippen LogP contribution is -1.83. The topological polar surface area (TPSA) is 0 Å². The molecule has 0 aliphatic heterocycles. The van der Waals surface area contributed by atoms with Gasteiger partial charge < -0.3 is 0 Å². The summed E-state index contributed by atoms with van der Waals surface area (Å²) in [4.78, 5) is 0. The average Bonchev–Trinajstić information content (AvgIpc) is 2.68. The highest BCUT2D eigenvalue weighted by molar-refractivity contribution is 5.13. The van der Waals surface area contributed by atoms with Crippen LogP contribution in [-0.2, 0) is 0 Å². The van der Waals surface area contributed by atoms with Gasteiger partial charge >= 0.3 is 0 Å². The van der Waals surface area contributed by atoms with Crippen molar-refractivity contribution < 1.29 is 0 Å². The summed E-state index contributed by atoms with van der Waals surface area (Å²) in [6, 6.07) is 0. The Morgan fingerprint density at radius 1 is 0.519 bits per heavy atom. The van der Waals surface area contributed by atoms with Crippen molar-refractivity contribution in [2.24, 2.45) is 0 Å². The van der Waals surface area contributed by atoms with Crippen LogP contribution in [-0.4, -0.2) is 0 Å². The lowest BCUT2D eigenvalue weighted by atomic mass is 10.0. The van der Waals surface area contributed by atoms with Crippen LogP contribution in [0, 0.1) is 24.2 Å². The first-order valence-corrected chi connectivity index (χ1v) is 11.6. The Hall–Kier alpha value is -1.40. The van der Waals surface area contributed by atoms with E-state index in [9.17, 15) is 0 Å². The highest BCUT2D eigenvalue weighted by Gasteiger charge is 1.94. The first-order chi connectivity index (χ1) is 13.4. The van der Waals surface area contributed by atoms with E-state index >= 15 is 0 Å². The Bertz CT molecular complexity index is 435. The second kappa shape index (κ2) is 24.6. The molecule has 0 heterocycles. The van der Waals surface area contributed by atoms with Crippen molar-refractivity contribution in [3.63, 3.8) is 0 Å². The minimum atomic E-state index is 1.15. The van der Waals surface area contributed by atoms with Gasteiger partial charge in [0.1, 0.15) is 0 Å². The van der Waals surface area contributed by atoms with E-state index in [1.165, 1.54) is 109 Å². The number of rotatable bonds is 19. The van der Waals surface area contributed by atoms with E-state index in [2.05, 4.69) is 29.9 Å². The molecule has 152 valence electrons. The molecule has 0 bridgehead atoms. The number of allylic oxidation sites excluding steroid dienone is 4. The summed E-state index contributed by atoms with van der Waals surface area (Å²) in [6.07, 6.45) is 38.2. The summed E-state index contributed by atoms with van der Waals surface area (Å²) < 4.78 is 0. The van der Waals surface area contributed by atoms with Crippen molar-refractivity contribution in [3.05, 3.63) is 24.3 Å². The largest absolute Gasteiger partial charge is 0.115 e. The van der Waals surface area contributed by atoms with Gasteiger partial charge in [-0.3, -0.25) is 0 Å². The third-order valence-corrected chi connectivity index (χ3v) is 5.05. The zero-order valence-electron chi connectivity index (χ0n) is 18.1. The summed E-state index contributed by atoms with van der Waals surface area (Å²) in [5.41, 5.74) is 0. The van der Waals surface area contributed by atoms with Crippen molar-refractivity contribution in [2.45, 2.75) is 122 Å². The average molecular weight is 369 g/mol. The number of hydrogen-bond donors (Lipinski definition) is 0. The maximum atomic E-state index is 5.18. The molecule has 0 atom stereocenters. The molecule has 0 saturated carbocycles. The Morgan fingerprint density at radius 2 is 0.852 bits per heavy atom. The molecule has 0 aromatic heterocycles. The van der Waals surface area contributed by atoms with E-state index < -0.39 is 0 Å². The van der Waals surface area contributed by atoms with Crippen LogP contribution < -0.4 is 0 Å². The predicted molar refractivity (Wildman–Crippen MR) is 124 cm³/mol. The monoisotopic (exact) mass is 368 g/mol. The minimum Gasteiger partial charge on any atom is -0.115 e. The lowest BCUT2D eigenvalue weighted by molar-refractivity contribution is 0.528. The molecular weight excluding hydrogens is 324 g/mol. The Balaban J connectivity index is 3.05. The molecule has 0 unspecified atom stereocenters. The molecule has 0 rings (SSSR count). The summed E-state index contributed by atoms with van der Waals surface area (Å²) in [5.74, 6) is 8.41. The highest BCUT2D eigenvalue weighted by atomic mass is 14.0. The van der Waals surface area contributed by atoms with Crippen molar-refractivity contribution in [2.75, 3.05) is 0 Å². The van der Waals surface area contributed by atoms with E-state index in [-0.39, 0.29) is 0 Å². The molecule has 27 heavy (non-hydrogen) atoms. The molecule has 0 aromatic rings. The zero-order chi connectivity index (χ0) is 19.7. The van der Waals surface area contributed by atoms with Gasteiger partial charge in [-0.05, 0) is 44.8 Å². The Morgan fingerprint density at radius 3 is 1.19 bits per heavy atom. The highest BCUT2D eigenvalue weighted by Crippen LogP contribution is 2.14. The standard InChI is InChI=1S/C27H44/c1-3-5-7-9-11-13-15-17-19-21-23-25-27-26-24-22-20-18-16-14-12-10-8-6-4-2/h1,5,7-8,10H,9,11-27H2,2H3. The van der Waals surface area contributed by atoms with Crippen molar-refractivity contribution in [1.82, 2.24) is 0 Å². The molecule has 0 N–H and O–H groups in total. The molecule has 0 radical (unpaired) electrons. The van der Waals surface area contributed by atoms with E-state index in [0.29, 0.717) is 0 Å². The van der Waals surface area contributed by atoms with E-state index in [4.69, 9.17) is 6.42 Å². The van der Waals surface area contributed by atoms with Gasteiger partial charge in [0.15, 0.2) is 0 Å². The zero-order valence-corrected chi connectivity index (χ0v) is 18.1. The third-order valence-electron chi connectivity index (χ3n) is 5.05. The molecule has 0 heteroatoms.